The second kappa shape index (κ2) is 8.06. The summed E-state index contributed by atoms with van der Waals surface area (Å²) in [6, 6.07) is 24.3. The maximum Gasteiger partial charge on any atom is 0.234 e. The van der Waals surface area contributed by atoms with Crippen LogP contribution in [0.4, 0.5) is 0 Å². The van der Waals surface area contributed by atoms with E-state index < -0.39 is 11.9 Å². The van der Waals surface area contributed by atoms with E-state index in [4.69, 9.17) is 11.5 Å². The van der Waals surface area contributed by atoms with Crippen LogP contribution in [0, 0.1) is 0 Å². The molecule has 3 heterocycles. The number of amides is 1. The number of carbonyl (C=O) groups excluding carboxylic acids is 1. The molecule has 0 spiro atoms. The fourth-order valence-electron chi connectivity index (χ4n) is 4.31. The van der Waals surface area contributed by atoms with Crippen molar-refractivity contribution in [1.82, 2.24) is 14.5 Å². The van der Waals surface area contributed by atoms with Crippen molar-refractivity contribution in [3.8, 4) is 16.1 Å². The van der Waals surface area contributed by atoms with Crippen LogP contribution in [0.25, 0.3) is 48.2 Å². The minimum absolute atomic E-state index is 0.408. The third-order valence-electron chi connectivity index (χ3n) is 6.12. The summed E-state index contributed by atoms with van der Waals surface area (Å²) in [5, 5.41) is 2.30. The highest BCUT2D eigenvalue weighted by Gasteiger charge is 2.14. The largest absolute Gasteiger partial charge is 0.368 e. The molecule has 1 amide bonds. The van der Waals surface area contributed by atoms with Gasteiger partial charge in [0.1, 0.15) is 11.8 Å². The van der Waals surface area contributed by atoms with Crippen molar-refractivity contribution in [2.24, 2.45) is 11.5 Å². The van der Waals surface area contributed by atoms with Crippen LogP contribution in [-0.2, 0) is 11.2 Å². The summed E-state index contributed by atoms with van der Waals surface area (Å²) in [7, 11) is 0. The third kappa shape index (κ3) is 3.51. The van der Waals surface area contributed by atoms with Crippen molar-refractivity contribution in [3.63, 3.8) is 0 Å². The Morgan fingerprint density at radius 2 is 1.79 bits per heavy atom. The van der Waals surface area contributed by atoms with Crippen molar-refractivity contribution >= 4 is 49.3 Å². The summed E-state index contributed by atoms with van der Waals surface area (Å²) in [5.41, 5.74) is 17.0. The number of fused-ring (bicyclic) bond motifs is 4. The summed E-state index contributed by atoms with van der Waals surface area (Å²) in [4.78, 5) is 21.7. The average Bonchev–Trinajstić information content (AvgIpc) is 3.49. The number of imidazole rings is 1. The minimum Gasteiger partial charge on any atom is -0.368 e. The van der Waals surface area contributed by atoms with Crippen LogP contribution in [0.2, 0.25) is 0 Å². The number of thiophene rings is 1. The lowest BCUT2D eigenvalue weighted by Crippen LogP contribution is -2.38. The molecule has 166 valence electrons. The molecule has 0 saturated carbocycles. The third-order valence-corrected chi connectivity index (χ3v) is 7.28. The molecule has 4 N–H and O–H groups in total. The van der Waals surface area contributed by atoms with Gasteiger partial charge in [-0.2, -0.15) is 0 Å². The zero-order chi connectivity index (χ0) is 23.2. The highest BCUT2D eigenvalue weighted by atomic mass is 32.1. The number of carbonyl (C=O) groups is 1. The van der Waals surface area contributed by atoms with Crippen LogP contribution in [0.1, 0.15) is 5.56 Å². The van der Waals surface area contributed by atoms with Crippen molar-refractivity contribution in [2.45, 2.75) is 12.5 Å². The fourth-order valence-corrected chi connectivity index (χ4v) is 5.37. The molecule has 0 fully saturated rings. The minimum atomic E-state index is -0.692. The average molecular weight is 464 g/mol. The van der Waals surface area contributed by atoms with Gasteiger partial charge in [-0.3, -0.25) is 14.3 Å². The lowest BCUT2D eigenvalue weighted by Gasteiger charge is -2.10. The summed E-state index contributed by atoms with van der Waals surface area (Å²) in [6.07, 6.45) is 4.04. The van der Waals surface area contributed by atoms with Gasteiger partial charge in [0.05, 0.1) is 23.3 Å². The summed E-state index contributed by atoms with van der Waals surface area (Å²) in [6.45, 7) is 0. The maximum atomic E-state index is 11.3. The van der Waals surface area contributed by atoms with E-state index in [1.165, 1.54) is 15.0 Å². The molecule has 0 radical (unpaired) electrons. The van der Waals surface area contributed by atoms with Gasteiger partial charge in [-0.05, 0) is 59.3 Å². The van der Waals surface area contributed by atoms with Gasteiger partial charge in [-0.25, -0.2) is 4.98 Å². The van der Waals surface area contributed by atoms with Crippen molar-refractivity contribution < 1.29 is 4.79 Å². The van der Waals surface area contributed by atoms with Crippen LogP contribution in [-0.4, -0.2) is 26.5 Å². The molecular formula is C27H21N5OS. The molecular weight excluding hydrogens is 442 g/mol. The Bertz CT molecular complexity index is 1650. The Hall–Kier alpha value is -4.07. The molecule has 3 aromatic heterocycles. The van der Waals surface area contributed by atoms with Gasteiger partial charge >= 0.3 is 0 Å². The molecule has 0 unspecified atom stereocenters. The first-order valence-corrected chi connectivity index (χ1v) is 11.8. The highest BCUT2D eigenvalue weighted by Crippen LogP contribution is 2.36. The normalized spacial score (nSPS) is 12.5. The van der Waals surface area contributed by atoms with Crippen molar-refractivity contribution in [2.75, 3.05) is 0 Å². The number of nitrogens with zero attached hydrogens (tertiary/aromatic N) is 3. The number of primary amides is 1. The Morgan fingerprint density at radius 1 is 0.971 bits per heavy atom. The number of hydrogen-bond donors (Lipinski definition) is 2. The van der Waals surface area contributed by atoms with Crippen LogP contribution in [0.15, 0.2) is 85.3 Å². The zero-order valence-corrected chi connectivity index (χ0v) is 19.0. The van der Waals surface area contributed by atoms with E-state index in [0.717, 1.165) is 38.8 Å². The van der Waals surface area contributed by atoms with Crippen molar-refractivity contribution in [1.29, 1.82) is 0 Å². The SMILES string of the molecule is NC(=O)[C@H](N)Cc1ccc(-n2cnc3cnc4ccc(-c5cc6ccccc6s5)cc4c32)cc1. The molecule has 1 atom stereocenters. The molecule has 0 bridgehead atoms. The number of benzene rings is 3. The predicted molar refractivity (Wildman–Crippen MR) is 138 cm³/mol. The first-order valence-electron chi connectivity index (χ1n) is 11.0. The molecule has 6 aromatic rings. The molecule has 0 aliphatic heterocycles. The fraction of sp³-hybridized carbons (Fsp3) is 0.0741. The van der Waals surface area contributed by atoms with Gasteiger partial charge in [0.2, 0.25) is 5.91 Å². The molecule has 3 aromatic carbocycles. The standard InChI is InChI=1S/C27H21N5OS/c28-21(27(29)33)11-16-5-8-19(9-6-16)32-15-31-23-14-30-22-10-7-18(12-20(22)26(23)32)25-13-17-3-1-2-4-24(17)34-25/h1-10,12-15,21H,11,28H2,(H2,29,33)/t21-/m1/s1. The molecule has 0 aliphatic carbocycles. The van der Waals surface area contributed by atoms with Gasteiger partial charge in [0, 0.05) is 20.7 Å². The van der Waals surface area contributed by atoms with E-state index in [2.05, 4.69) is 63.1 Å². The lowest BCUT2D eigenvalue weighted by atomic mass is 10.1. The van der Waals surface area contributed by atoms with Gasteiger partial charge in [-0.1, -0.05) is 36.4 Å². The summed E-state index contributed by atoms with van der Waals surface area (Å²) < 4.78 is 3.35. The van der Waals surface area contributed by atoms with Crippen LogP contribution in [0.5, 0.6) is 0 Å². The number of hydrogen-bond acceptors (Lipinski definition) is 5. The van der Waals surface area contributed by atoms with E-state index in [-0.39, 0.29) is 0 Å². The van der Waals surface area contributed by atoms with Crippen LogP contribution < -0.4 is 11.5 Å². The smallest absolute Gasteiger partial charge is 0.234 e. The molecule has 6 rings (SSSR count). The first-order chi connectivity index (χ1) is 16.6. The summed E-state index contributed by atoms with van der Waals surface area (Å²) in [5.74, 6) is -0.502. The predicted octanol–water partition coefficient (Wildman–Crippen LogP) is 4.81. The molecule has 0 saturated heterocycles. The highest BCUT2D eigenvalue weighted by molar-refractivity contribution is 7.22. The molecule has 0 aliphatic rings. The van der Waals surface area contributed by atoms with Gasteiger partial charge in [0.15, 0.2) is 0 Å². The molecule has 6 nitrogen and oxygen atoms in total. The number of rotatable bonds is 5. The van der Waals surface area contributed by atoms with E-state index in [1.54, 1.807) is 11.3 Å². The second-order valence-electron chi connectivity index (χ2n) is 8.37. The second-order valence-corrected chi connectivity index (χ2v) is 9.45. The number of aromatic nitrogens is 3. The molecule has 7 heteroatoms. The summed E-state index contributed by atoms with van der Waals surface area (Å²) >= 11 is 1.79. The van der Waals surface area contributed by atoms with Crippen LogP contribution >= 0.6 is 11.3 Å². The quantitative estimate of drug-likeness (QED) is 0.383. The first kappa shape index (κ1) is 20.5. The Balaban J connectivity index is 1.46. The topological polar surface area (TPSA) is 99.8 Å². The van der Waals surface area contributed by atoms with Crippen molar-refractivity contribution in [3.05, 3.63) is 90.9 Å². The Labute approximate surface area is 199 Å². The Kier molecular flexibility index (Phi) is 4.86. The Morgan fingerprint density at radius 3 is 2.59 bits per heavy atom. The van der Waals surface area contributed by atoms with Gasteiger partial charge < -0.3 is 11.5 Å². The lowest BCUT2D eigenvalue weighted by molar-refractivity contribution is -0.119. The van der Waals surface area contributed by atoms with E-state index in [0.29, 0.717) is 6.42 Å². The van der Waals surface area contributed by atoms with E-state index in [9.17, 15) is 4.79 Å². The number of nitrogens with two attached hydrogens (primary N) is 2. The van der Waals surface area contributed by atoms with Crippen LogP contribution in [0.3, 0.4) is 0 Å². The number of pyridine rings is 1. The van der Waals surface area contributed by atoms with E-state index >= 15 is 0 Å². The van der Waals surface area contributed by atoms with E-state index in [1.807, 2.05) is 36.8 Å². The van der Waals surface area contributed by atoms with Gasteiger partial charge in [0.25, 0.3) is 0 Å². The molecule has 34 heavy (non-hydrogen) atoms. The zero-order valence-electron chi connectivity index (χ0n) is 18.2. The maximum absolute atomic E-state index is 11.3. The monoisotopic (exact) mass is 463 g/mol. The van der Waals surface area contributed by atoms with Gasteiger partial charge in [-0.15, -0.1) is 11.3 Å².